The van der Waals surface area contributed by atoms with Crippen LogP contribution in [-0.4, -0.2) is 20.1 Å². The standard InChI is InChI=1S/C16H25BrN2/c1-4-5-13-8-9-19(11-13)16-7-6-14(17)10-15(16)12(2)18-3/h6-7,10,12-13,18H,4-5,8-9,11H2,1-3H3. The van der Waals surface area contributed by atoms with Crippen molar-refractivity contribution in [3.05, 3.63) is 28.2 Å². The smallest absolute Gasteiger partial charge is 0.0415 e. The van der Waals surface area contributed by atoms with E-state index in [1.165, 1.54) is 43.6 Å². The maximum absolute atomic E-state index is 3.59. The van der Waals surface area contributed by atoms with Gasteiger partial charge in [-0.2, -0.15) is 0 Å². The van der Waals surface area contributed by atoms with Gasteiger partial charge in [-0.3, -0.25) is 0 Å². The molecule has 19 heavy (non-hydrogen) atoms. The van der Waals surface area contributed by atoms with Crippen LogP contribution in [0.15, 0.2) is 22.7 Å². The second-order valence-electron chi connectivity index (χ2n) is 5.60. The molecule has 0 saturated carbocycles. The van der Waals surface area contributed by atoms with E-state index in [2.05, 4.69) is 58.2 Å². The Balaban J connectivity index is 2.20. The summed E-state index contributed by atoms with van der Waals surface area (Å²) in [5, 5.41) is 3.36. The van der Waals surface area contributed by atoms with Crippen molar-refractivity contribution in [2.45, 2.75) is 39.2 Å². The highest BCUT2D eigenvalue weighted by Crippen LogP contribution is 2.33. The summed E-state index contributed by atoms with van der Waals surface area (Å²) in [6.07, 6.45) is 4.01. The minimum atomic E-state index is 0.387. The number of rotatable bonds is 5. The Bertz CT molecular complexity index is 419. The van der Waals surface area contributed by atoms with Gasteiger partial charge in [-0.05, 0) is 56.5 Å². The van der Waals surface area contributed by atoms with Crippen molar-refractivity contribution in [2.24, 2.45) is 5.92 Å². The third-order valence-corrected chi connectivity index (χ3v) is 4.71. The van der Waals surface area contributed by atoms with Crippen LogP contribution in [0.5, 0.6) is 0 Å². The molecule has 1 aliphatic rings. The van der Waals surface area contributed by atoms with Gasteiger partial charge in [-0.1, -0.05) is 29.3 Å². The molecular weight excluding hydrogens is 300 g/mol. The van der Waals surface area contributed by atoms with Gasteiger partial charge in [0.1, 0.15) is 0 Å². The van der Waals surface area contributed by atoms with Gasteiger partial charge in [0.25, 0.3) is 0 Å². The van der Waals surface area contributed by atoms with Gasteiger partial charge in [-0.25, -0.2) is 0 Å². The number of nitrogens with zero attached hydrogens (tertiary/aromatic N) is 1. The van der Waals surface area contributed by atoms with E-state index in [1.54, 1.807) is 0 Å². The zero-order valence-electron chi connectivity index (χ0n) is 12.2. The molecule has 0 radical (unpaired) electrons. The van der Waals surface area contributed by atoms with Crippen molar-refractivity contribution in [1.29, 1.82) is 0 Å². The van der Waals surface area contributed by atoms with E-state index < -0.39 is 0 Å². The number of benzene rings is 1. The lowest BCUT2D eigenvalue weighted by molar-refractivity contribution is 0.529. The van der Waals surface area contributed by atoms with Crippen molar-refractivity contribution in [3.63, 3.8) is 0 Å². The van der Waals surface area contributed by atoms with Crippen LogP contribution in [0.25, 0.3) is 0 Å². The Hall–Kier alpha value is -0.540. The molecule has 2 rings (SSSR count). The van der Waals surface area contributed by atoms with E-state index in [4.69, 9.17) is 0 Å². The summed E-state index contributed by atoms with van der Waals surface area (Å²) in [6.45, 7) is 6.94. The fourth-order valence-corrected chi connectivity index (χ4v) is 3.39. The molecule has 2 atom stereocenters. The maximum Gasteiger partial charge on any atom is 0.0415 e. The van der Waals surface area contributed by atoms with Crippen molar-refractivity contribution >= 4 is 21.6 Å². The lowest BCUT2D eigenvalue weighted by Crippen LogP contribution is -2.23. The molecule has 1 aromatic rings. The molecule has 0 spiro atoms. The van der Waals surface area contributed by atoms with Gasteiger partial charge in [0.2, 0.25) is 0 Å². The molecule has 0 amide bonds. The predicted octanol–water partition coefficient (Wildman–Crippen LogP) is 4.36. The Kier molecular flexibility index (Phi) is 5.28. The Morgan fingerprint density at radius 1 is 1.47 bits per heavy atom. The van der Waals surface area contributed by atoms with Gasteiger partial charge in [0, 0.05) is 29.3 Å². The minimum absolute atomic E-state index is 0.387. The molecular formula is C16H25BrN2. The second-order valence-corrected chi connectivity index (χ2v) is 6.52. The van der Waals surface area contributed by atoms with Crippen LogP contribution in [-0.2, 0) is 0 Å². The number of hydrogen-bond acceptors (Lipinski definition) is 2. The molecule has 1 heterocycles. The summed E-state index contributed by atoms with van der Waals surface area (Å²) in [4.78, 5) is 2.57. The number of anilines is 1. The molecule has 2 nitrogen and oxygen atoms in total. The zero-order valence-corrected chi connectivity index (χ0v) is 13.8. The Morgan fingerprint density at radius 3 is 2.95 bits per heavy atom. The first kappa shape index (κ1) is 14.9. The molecule has 1 N–H and O–H groups in total. The van der Waals surface area contributed by atoms with E-state index in [-0.39, 0.29) is 0 Å². The van der Waals surface area contributed by atoms with Crippen molar-refractivity contribution < 1.29 is 0 Å². The molecule has 1 fully saturated rings. The normalized spacial score (nSPS) is 20.8. The van der Waals surface area contributed by atoms with Gasteiger partial charge < -0.3 is 10.2 Å². The Labute approximate surface area is 125 Å². The van der Waals surface area contributed by atoms with Crippen LogP contribution < -0.4 is 10.2 Å². The average Bonchev–Trinajstić information content (AvgIpc) is 2.86. The molecule has 1 aromatic carbocycles. The fourth-order valence-electron chi connectivity index (χ4n) is 3.01. The largest absolute Gasteiger partial charge is 0.371 e. The topological polar surface area (TPSA) is 15.3 Å². The van der Waals surface area contributed by atoms with E-state index in [0.29, 0.717) is 6.04 Å². The lowest BCUT2D eigenvalue weighted by Gasteiger charge is -2.25. The highest BCUT2D eigenvalue weighted by molar-refractivity contribution is 9.10. The van der Waals surface area contributed by atoms with E-state index >= 15 is 0 Å². The molecule has 0 aromatic heterocycles. The van der Waals surface area contributed by atoms with E-state index in [0.717, 1.165) is 10.4 Å². The fraction of sp³-hybridized carbons (Fsp3) is 0.625. The first-order valence-electron chi connectivity index (χ1n) is 7.37. The maximum atomic E-state index is 3.59. The van der Waals surface area contributed by atoms with Crippen LogP contribution in [0.4, 0.5) is 5.69 Å². The van der Waals surface area contributed by atoms with Crippen molar-refractivity contribution in [2.75, 3.05) is 25.0 Å². The number of nitrogens with one attached hydrogen (secondary N) is 1. The van der Waals surface area contributed by atoms with Crippen LogP contribution >= 0.6 is 15.9 Å². The molecule has 0 bridgehead atoms. The summed E-state index contributed by atoms with van der Waals surface area (Å²) in [5.41, 5.74) is 2.80. The van der Waals surface area contributed by atoms with Crippen LogP contribution in [0.1, 0.15) is 44.7 Å². The monoisotopic (exact) mass is 324 g/mol. The minimum Gasteiger partial charge on any atom is -0.371 e. The van der Waals surface area contributed by atoms with Gasteiger partial charge >= 0.3 is 0 Å². The number of hydrogen-bond donors (Lipinski definition) is 1. The second kappa shape index (κ2) is 6.76. The SMILES string of the molecule is CCCC1CCN(c2ccc(Br)cc2C(C)NC)C1. The summed E-state index contributed by atoms with van der Waals surface area (Å²) in [7, 11) is 2.03. The van der Waals surface area contributed by atoms with Crippen molar-refractivity contribution in [1.82, 2.24) is 5.32 Å². The van der Waals surface area contributed by atoms with Gasteiger partial charge in [-0.15, -0.1) is 0 Å². The third-order valence-electron chi connectivity index (χ3n) is 4.21. The summed E-state index contributed by atoms with van der Waals surface area (Å²) in [5.74, 6) is 0.881. The highest BCUT2D eigenvalue weighted by Gasteiger charge is 2.24. The first-order chi connectivity index (χ1) is 9.15. The van der Waals surface area contributed by atoms with Crippen LogP contribution in [0.3, 0.4) is 0 Å². The molecule has 106 valence electrons. The lowest BCUT2D eigenvalue weighted by atomic mass is 10.0. The Morgan fingerprint density at radius 2 is 2.26 bits per heavy atom. The van der Waals surface area contributed by atoms with Gasteiger partial charge in [0.15, 0.2) is 0 Å². The van der Waals surface area contributed by atoms with Crippen molar-refractivity contribution in [3.8, 4) is 0 Å². The van der Waals surface area contributed by atoms with E-state index in [1.807, 2.05) is 7.05 Å². The zero-order chi connectivity index (χ0) is 13.8. The summed E-state index contributed by atoms with van der Waals surface area (Å²) < 4.78 is 1.16. The average molecular weight is 325 g/mol. The van der Waals surface area contributed by atoms with E-state index in [9.17, 15) is 0 Å². The summed E-state index contributed by atoms with van der Waals surface area (Å²) >= 11 is 3.59. The molecule has 1 saturated heterocycles. The predicted molar refractivity (Wildman–Crippen MR) is 86.8 cm³/mol. The summed E-state index contributed by atoms with van der Waals surface area (Å²) in [6, 6.07) is 7.07. The highest BCUT2D eigenvalue weighted by atomic mass is 79.9. The molecule has 1 aliphatic heterocycles. The molecule has 3 heteroatoms. The molecule has 2 unspecified atom stereocenters. The first-order valence-corrected chi connectivity index (χ1v) is 8.16. The number of halogens is 1. The third kappa shape index (κ3) is 3.51. The molecule has 0 aliphatic carbocycles. The quantitative estimate of drug-likeness (QED) is 0.865. The van der Waals surface area contributed by atoms with Gasteiger partial charge in [0.05, 0.1) is 0 Å². The van der Waals surface area contributed by atoms with Crippen LogP contribution in [0, 0.1) is 5.92 Å². The van der Waals surface area contributed by atoms with Crippen LogP contribution in [0.2, 0.25) is 0 Å².